The minimum Gasteiger partial charge on any atom is -0.338 e. The number of aromatic nitrogens is 4. The number of hydrogen-bond donors (Lipinski definition) is 0. The fourth-order valence-corrected chi connectivity index (χ4v) is 3.47. The van der Waals surface area contributed by atoms with Gasteiger partial charge in [-0.25, -0.2) is 9.07 Å². The van der Waals surface area contributed by atoms with Gasteiger partial charge in [-0.1, -0.05) is 12.1 Å². The van der Waals surface area contributed by atoms with Crippen LogP contribution < -0.4 is 0 Å². The zero-order chi connectivity index (χ0) is 18.1. The Morgan fingerprint density at radius 1 is 1.04 bits per heavy atom. The Kier molecular flexibility index (Phi) is 4.14. The number of tetrazole rings is 1. The van der Waals surface area contributed by atoms with E-state index in [1.54, 1.807) is 17.0 Å². The number of benzene rings is 1. The number of carbonyl (C=O) groups is 2. The van der Waals surface area contributed by atoms with Crippen LogP contribution in [0.4, 0.5) is 4.39 Å². The highest BCUT2D eigenvalue weighted by Crippen LogP contribution is 2.49. The Labute approximate surface area is 149 Å². The van der Waals surface area contributed by atoms with E-state index in [9.17, 15) is 14.0 Å². The Balaban J connectivity index is 1.36. The van der Waals surface area contributed by atoms with Gasteiger partial charge in [0.25, 0.3) is 0 Å². The summed E-state index contributed by atoms with van der Waals surface area (Å²) >= 11 is 0. The third kappa shape index (κ3) is 3.04. The van der Waals surface area contributed by atoms with Crippen LogP contribution in [0.2, 0.25) is 0 Å². The van der Waals surface area contributed by atoms with Crippen LogP contribution in [0.15, 0.2) is 30.6 Å². The molecule has 2 amide bonds. The van der Waals surface area contributed by atoms with Crippen molar-refractivity contribution in [2.24, 2.45) is 0 Å². The van der Waals surface area contributed by atoms with E-state index in [2.05, 4.69) is 15.5 Å². The number of hydrogen-bond acceptors (Lipinski definition) is 5. The molecule has 0 spiro atoms. The lowest BCUT2D eigenvalue weighted by atomic mass is 9.94. The molecular formula is C17H19FN6O2. The average Bonchev–Trinajstić information content (AvgIpc) is 3.32. The van der Waals surface area contributed by atoms with Gasteiger partial charge in [-0.15, -0.1) is 5.10 Å². The van der Waals surface area contributed by atoms with E-state index in [1.165, 1.54) is 23.1 Å². The van der Waals surface area contributed by atoms with Gasteiger partial charge in [0.2, 0.25) is 11.8 Å². The second-order valence-corrected chi connectivity index (χ2v) is 6.77. The van der Waals surface area contributed by atoms with Crippen LogP contribution in [0.1, 0.15) is 18.4 Å². The summed E-state index contributed by atoms with van der Waals surface area (Å²) in [5.74, 6) is -0.285. The van der Waals surface area contributed by atoms with E-state index >= 15 is 0 Å². The average molecular weight is 358 g/mol. The van der Waals surface area contributed by atoms with Crippen molar-refractivity contribution >= 4 is 11.8 Å². The summed E-state index contributed by atoms with van der Waals surface area (Å²) in [5, 5.41) is 10.7. The fraction of sp³-hybridized carbons (Fsp3) is 0.471. The van der Waals surface area contributed by atoms with E-state index in [0.29, 0.717) is 26.2 Å². The summed E-state index contributed by atoms with van der Waals surface area (Å²) in [5.41, 5.74) is 0.368. The van der Waals surface area contributed by atoms with Crippen LogP contribution in [0.5, 0.6) is 0 Å². The van der Waals surface area contributed by atoms with E-state index in [4.69, 9.17) is 0 Å². The largest absolute Gasteiger partial charge is 0.338 e. The molecule has 9 heteroatoms. The molecule has 2 fully saturated rings. The van der Waals surface area contributed by atoms with Gasteiger partial charge >= 0.3 is 0 Å². The lowest BCUT2D eigenvalue weighted by molar-refractivity contribution is -0.141. The van der Waals surface area contributed by atoms with Gasteiger partial charge in [0, 0.05) is 26.2 Å². The molecule has 2 heterocycles. The molecule has 4 rings (SSSR count). The maximum absolute atomic E-state index is 13.2. The second-order valence-electron chi connectivity index (χ2n) is 6.77. The van der Waals surface area contributed by atoms with Crippen molar-refractivity contribution < 1.29 is 14.0 Å². The van der Waals surface area contributed by atoms with Gasteiger partial charge < -0.3 is 9.80 Å². The Morgan fingerprint density at radius 2 is 1.69 bits per heavy atom. The molecule has 26 heavy (non-hydrogen) atoms. The van der Waals surface area contributed by atoms with E-state index in [1.807, 2.05) is 4.90 Å². The molecule has 1 aliphatic carbocycles. The van der Waals surface area contributed by atoms with Crippen molar-refractivity contribution in [1.29, 1.82) is 0 Å². The van der Waals surface area contributed by atoms with Gasteiger partial charge in [-0.2, -0.15) is 0 Å². The molecule has 1 aromatic carbocycles. The molecule has 0 radical (unpaired) electrons. The van der Waals surface area contributed by atoms with Crippen LogP contribution in [0.25, 0.3) is 0 Å². The van der Waals surface area contributed by atoms with Crippen molar-refractivity contribution in [3.63, 3.8) is 0 Å². The normalized spacial score (nSPS) is 18.7. The third-order valence-electron chi connectivity index (χ3n) is 5.16. The predicted octanol–water partition coefficient (Wildman–Crippen LogP) is 0.215. The van der Waals surface area contributed by atoms with Gasteiger partial charge in [0.1, 0.15) is 18.7 Å². The standard InChI is InChI=1S/C17H19FN6O2/c18-14-3-1-13(2-4-14)17(5-6-17)16(26)23-9-7-22(8-10-23)15(25)11-24-12-19-20-21-24/h1-4,12H,5-11H2. The number of piperazine rings is 1. The molecule has 0 bridgehead atoms. The van der Waals surface area contributed by atoms with Crippen LogP contribution in [-0.2, 0) is 21.5 Å². The zero-order valence-electron chi connectivity index (χ0n) is 14.2. The molecule has 136 valence electrons. The van der Waals surface area contributed by atoms with Gasteiger partial charge in [-0.3, -0.25) is 9.59 Å². The van der Waals surface area contributed by atoms with Gasteiger partial charge in [-0.05, 0) is 41.0 Å². The number of nitrogens with zero attached hydrogens (tertiary/aromatic N) is 6. The summed E-state index contributed by atoms with van der Waals surface area (Å²) in [6.45, 7) is 2.09. The minimum atomic E-state index is -0.508. The highest BCUT2D eigenvalue weighted by Gasteiger charge is 2.53. The minimum absolute atomic E-state index is 0.0657. The van der Waals surface area contributed by atoms with Crippen molar-refractivity contribution in [2.45, 2.75) is 24.8 Å². The number of rotatable bonds is 4. The molecule has 0 atom stereocenters. The lowest BCUT2D eigenvalue weighted by Crippen LogP contribution is -2.53. The number of amides is 2. The molecule has 1 saturated heterocycles. The summed E-state index contributed by atoms with van der Waals surface area (Å²) in [6, 6.07) is 6.20. The van der Waals surface area contributed by atoms with E-state index in [0.717, 1.165) is 18.4 Å². The zero-order valence-corrected chi connectivity index (χ0v) is 14.2. The van der Waals surface area contributed by atoms with Crippen LogP contribution in [-0.4, -0.2) is 68.0 Å². The first kappa shape index (κ1) is 16.6. The molecule has 1 aliphatic heterocycles. The quantitative estimate of drug-likeness (QED) is 0.780. The summed E-state index contributed by atoms with van der Waals surface area (Å²) in [7, 11) is 0. The van der Waals surface area contributed by atoms with E-state index in [-0.39, 0.29) is 24.2 Å². The highest BCUT2D eigenvalue weighted by atomic mass is 19.1. The van der Waals surface area contributed by atoms with Crippen molar-refractivity contribution in [1.82, 2.24) is 30.0 Å². The number of halogens is 1. The van der Waals surface area contributed by atoms with Crippen molar-refractivity contribution in [2.75, 3.05) is 26.2 Å². The Morgan fingerprint density at radius 3 is 2.27 bits per heavy atom. The van der Waals surface area contributed by atoms with Crippen molar-refractivity contribution in [3.8, 4) is 0 Å². The van der Waals surface area contributed by atoms with Gasteiger partial charge in [0.15, 0.2) is 0 Å². The fourth-order valence-electron chi connectivity index (χ4n) is 3.47. The predicted molar refractivity (Wildman–Crippen MR) is 88.3 cm³/mol. The van der Waals surface area contributed by atoms with Crippen LogP contribution >= 0.6 is 0 Å². The Hall–Kier alpha value is -2.84. The molecule has 1 saturated carbocycles. The van der Waals surface area contributed by atoms with Gasteiger partial charge in [0.05, 0.1) is 5.41 Å². The van der Waals surface area contributed by atoms with Crippen molar-refractivity contribution in [3.05, 3.63) is 42.0 Å². The molecular weight excluding hydrogens is 339 g/mol. The topological polar surface area (TPSA) is 84.2 Å². The third-order valence-corrected chi connectivity index (χ3v) is 5.16. The smallest absolute Gasteiger partial charge is 0.244 e. The summed E-state index contributed by atoms with van der Waals surface area (Å²) in [4.78, 5) is 28.8. The first-order valence-electron chi connectivity index (χ1n) is 8.62. The number of carbonyl (C=O) groups excluding carboxylic acids is 2. The molecule has 1 aromatic heterocycles. The molecule has 0 N–H and O–H groups in total. The van der Waals surface area contributed by atoms with E-state index < -0.39 is 5.41 Å². The Bertz CT molecular complexity index is 795. The summed E-state index contributed by atoms with van der Waals surface area (Å²) in [6.07, 6.45) is 2.98. The SMILES string of the molecule is O=C(Cn1cnnn1)N1CCN(C(=O)C2(c3ccc(F)cc3)CC2)CC1. The highest BCUT2D eigenvalue weighted by molar-refractivity contribution is 5.91. The molecule has 0 unspecified atom stereocenters. The molecule has 8 nitrogen and oxygen atoms in total. The maximum Gasteiger partial charge on any atom is 0.244 e. The van der Waals surface area contributed by atoms with Crippen LogP contribution in [0, 0.1) is 5.82 Å². The lowest BCUT2D eigenvalue weighted by Gasteiger charge is -2.36. The second kappa shape index (κ2) is 6.47. The first-order chi connectivity index (χ1) is 12.6. The molecule has 2 aliphatic rings. The maximum atomic E-state index is 13.2. The molecule has 2 aromatic rings. The first-order valence-corrected chi connectivity index (χ1v) is 8.62. The summed E-state index contributed by atoms with van der Waals surface area (Å²) < 4.78 is 14.5. The van der Waals surface area contributed by atoms with Crippen LogP contribution in [0.3, 0.4) is 0 Å². The monoisotopic (exact) mass is 358 g/mol.